The first kappa shape index (κ1) is 12.7. The highest BCUT2D eigenvalue weighted by atomic mass is 16.5. The smallest absolute Gasteiger partial charge is 0.236 e. The van der Waals surface area contributed by atoms with Gasteiger partial charge in [-0.25, -0.2) is 0 Å². The molecule has 1 atom stereocenters. The molecular weight excluding hydrogens is 232 g/mol. The van der Waals surface area contributed by atoms with Crippen molar-refractivity contribution in [2.24, 2.45) is 5.73 Å². The molecule has 0 aliphatic carbocycles. The normalized spacial score (nSPS) is 15.7. The lowest BCUT2D eigenvalue weighted by molar-refractivity contribution is -0.122. The summed E-state index contributed by atoms with van der Waals surface area (Å²) < 4.78 is 11.2. The van der Waals surface area contributed by atoms with E-state index in [0.717, 1.165) is 23.5 Å². The topological polar surface area (TPSA) is 73.6 Å². The largest absolute Gasteiger partial charge is 0.490 e. The Bertz CT molecular complexity index is 432. The maximum absolute atomic E-state index is 11.4. The second-order valence-corrected chi connectivity index (χ2v) is 4.30. The first-order valence-corrected chi connectivity index (χ1v) is 6.09. The minimum atomic E-state index is -0.510. The van der Waals surface area contributed by atoms with Crippen molar-refractivity contribution in [2.45, 2.75) is 25.9 Å². The van der Waals surface area contributed by atoms with Gasteiger partial charge < -0.3 is 20.5 Å². The van der Waals surface area contributed by atoms with Gasteiger partial charge in [0.25, 0.3) is 0 Å². The van der Waals surface area contributed by atoms with Gasteiger partial charge in [0.1, 0.15) is 0 Å². The average Bonchev–Trinajstić information content (AvgIpc) is 2.61. The summed E-state index contributed by atoms with van der Waals surface area (Å²) in [5.41, 5.74) is 6.40. The molecule has 18 heavy (non-hydrogen) atoms. The molecule has 98 valence electrons. The summed E-state index contributed by atoms with van der Waals surface area (Å²) in [6.07, 6.45) is 0.861. The molecule has 1 aliphatic heterocycles. The number of carbonyl (C=O) groups is 1. The Labute approximate surface area is 106 Å². The van der Waals surface area contributed by atoms with Crippen molar-refractivity contribution < 1.29 is 14.3 Å². The number of nitrogens with two attached hydrogens (primary N) is 1. The van der Waals surface area contributed by atoms with Crippen LogP contribution in [0.1, 0.15) is 18.9 Å². The third-order valence-corrected chi connectivity index (χ3v) is 2.72. The zero-order valence-electron chi connectivity index (χ0n) is 10.4. The number of hydrogen-bond donors (Lipinski definition) is 2. The van der Waals surface area contributed by atoms with Crippen molar-refractivity contribution >= 4 is 5.91 Å². The van der Waals surface area contributed by atoms with E-state index in [2.05, 4.69) is 5.32 Å². The van der Waals surface area contributed by atoms with Crippen LogP contribution in [-0.4, -0.2) is 25.2 Å². The maximum atomic E-state index is 11.4. The number of carbonyl (C=O) groups excluding carboxylic acids is 1. The van der Waals surface area contributed by atoms with Crippen LogP contribution in [0.5, 0.6) is 11.5 Å². The van der Waals surface area contributed by atoms with Gasteiger partial charge in [0.2, 0.25) is 5.91 Å². The number of amides is 1. The van der Waals surface area contributed by atoms with E-state index in [-0.39, 0.29) is 5.91 Å². The van der Waals surface area contributed by atoms with E-state index in [0.29, 0.717) is 19.8 Å². The average molecular weight is 250 g/mol. The predicted octanol–water partition coefficient (Wildman–Crippen LogP) is 0.811. The highest BCUT2D eigenvalue weighted by molar-refractivity contribution is 5.81. The molecule has 1 aromatic carbocycles. The molecule has 2 rings (SSSR count). The van der Waals surface area contributed by atoms with Gasteiger partial charge in [-0.05, 0) is 13.0 Å². The van der Waals surface area contributed by atoms with Gasteiger partial charge in [-0.1, -0.05) is 12.1 Å². The molecular formula is C13H18N2O3. The van der Waals surface area contributed by atoms with Crippen LogP contribution >= 0.6 is 0 Å². The van der Waals surface area contributed by atoms with E-state index >= 15 is 0 Å². The van der Waals surface area contributed by atoms with Crippen LogP contribution < -0.4 is 20.5 Å². The van der Waals surface area contributed by atoms with Crippen LogP contribution in [0.15, 0.2) is 18.2 Å². The molecule has 0 spiro atoms. The molecule has 1 aliphatic rings. The lowest BCUT2D eigenvalue weighted by Crippen LogP contribution is -2.37. The highest BCUT2D eigenvalue weighted by Gasteiger charge is 2.15. The van der Waals surface area contributed by atoms with E-state index in [1.165, 1.54) is 0 Å². The van der Waals surface area contributed by atoms with Crippen molar-refractivity contribution in [3.8, 4) is 11.5 Å². The quantitative estimate of drug-likeness (QED) is 0.832. The van der Waals surface area contributed by atoms with Gasteiger partial charge in [-0.15, -0.1) is 0 Å². The van der Waals surface area contributed by atoms with Crippen molar-refractivity contribution in [2.75, 3.05) is 13.2 Å². The number of fused-ring (bicyclic) bond motifs is 1. The number of rotatable bonds is 3. The Morgan fingerprint density at radius 3 is 3.00 bits per heavy atom. The fourth-order valence-electron chi connectivity index (χ4n) is 1.74. The summed E-state index contributed by atoms with van der Waals surface area (Å²) in [7, 11) is 0. The van der Waals surface area contributed by atoms with Crippen molar-refractivity contribution in [1.82, 2.24) is 5.32 Å². The van der Waals surface area contributed by atoms with Crippen molar-refractivity contribution in [1.29, 1.82) is 0 Å². The summed E-state index contributed by atoms with van der Waals surface area (Å²) in [6.45, 7) is 3.33. The summed E-state index contributed by atoms with van der Waals surface area (Å²) >= 11 is 0. The van der Waals surface area contributed by atoms with Gasteiger partial charge in [0.05, 0.1) is 19.3 Å². The third-order valence-electron chi connectivity index (χ3n) is 2.72. The first-order valence-electron chi connectivity index (χ1n) is 6.09. The van der Waals surface area contributed by atoms with Crippen LogP contribution in [0.25, 0.3) is 0 Å². The van der Waals surface area contributed by atoms with Crippen LogP contribution in [0, 0.1) is 0 Å². The summed E-state index contributed by atoms with van der Waals surface area (Å²) in [4.78, 5) is 11.4. The highest BCUT2D eigenvalue weighted by Crippen LogP contribution is 2.33. The van der Waals surface area contributed by atoms with E-state index in [4.69, 9.17) is 15.2 Å². The molecule has 0 radical (unpaired) electrons. The minimum absolute atomic E-state index is 0.179. The lowest BCUT2D eigenvalue weighted by atomic mass is 10.1. The minimum Gasteiger partial charge on any atom is -0.490 e. The van der Waals surface area contributed by atoms with E-state index in [1.54, 1.807) is 6.92 Å². The van der Waals surface area contributed by atoms with Crippen LogP contribution in [0.3, 0.4) is 0 Å². The molecule has 1 aromatic rings. The zero-order chi connectivity index (χ0) is 13.0. The molecule has 5 nitrogen and oxygen atoms in total. The van der Waals surface area contributed by atoms with E-state index in [1.807, 2.05) is 18.2 Å². The van der Waals surface area contributed by atoms with Crippen molar-refractivity contribution in [3.63, 3.8) is 0 Å². The first-order chi connectivity index (χ1) is 8.68. The van der Waals surface area contributed by atoms with Crippen molar-refractivity contribution in [3.05, 3.63) is 23.8 Å². The molecule has 0 saturated carbocycles. The van der Waals surface area contributed by atoms with Crippen LogP contribution in [-0.2, 0) is 11.3 Å². The van der Waals surface area contributed by atoms with Crippen LogP contribution in [0.4, 0.5) is 0 Å². The molecule has 1 amide bonds. The molecule has 5 heteroatoms. The summed E-state index contributed by atoms with van der Waals surface area (Å²) in [5.74, 6) is 1.28. The Hall–Kier alpha value is -1.75. The number of para-hydroxylation sites is 1. The SMILES string of the molecule is C[C@@H](N)C(=O)NCc1cccc2c1OCCCO2. The summed E-state index contributed by atoms with van der Waals surface area (Å²) in [5, 5.41) is 2.77. The second kappa shape index (κ2) is 5.73. The Balaban J connectivity index is 2.11. The Morgan fingerprint density at radius 1 is 1.44 bits per heavy atom. The monoisotopic (exact) mass is 250 g/mol. The molecule has 0 fully saturated rings. The van der Waals surface area contributed by atoms with Gasteiger partial charge in [0, 0.05) is 18.5 Å². The van der Waals surface area contributed by atoms with E-state index < -0.39 is 6.04 Å². The fourth-order valence-corrected chi connectivity index (χ4v) is 1.74. The molecule has 0 bridgehead atoms. The number of ether oxygens (including phenoxy) is 2. The standard InChI is InChI=1S/C13H18N2O3/c1-9(14)13(16)15-8-10-4-2-5-11-12(10)18-7-3-6-17-11/h2,4-5,9H,3,6-8,14H2,1H3,(H,15,16)/t9-/m1/s1. The second-order valence-electron chi connectivity index (χ2n) is 4.30. The van der Waals surface area contributed by atoms with Crippen LogP contribution in [0.2, 0.25) is 0 Å². The maximum Gasteiger partial charge on any atom is 0.236 e. The molecule has 0 aromatic heterocycles. The molecule has 0 saturated heterocycles. The lowest BCUT2D eigenvalue weighted by Gasteiger charge is -2.13. The summed E-state index contributed by atoms with van der Waals surface area (Å²) in [6, 6.07) is 5.16. The number of hydrogen-bond acceptors (Lipinski definition) is 4. The van der Waals surface area contributed by atoms with Gasteiger partial charge >= 0.3 is 0 Å². The van der Waals surface area contributed by atoms with E-state index in [9.17, 15) is 4.79 Å². The third kappa shape index (κ3) is 2.92. The predicted molar refractivity (Wildman–Crippen MR) is 67.5 cm³/mol. The fraction of sp³-hybridized carbons (Fsp3) is 0.462. The van der Waals surface area contributed by atoms with Gasteiger partial charge in [0.15, 0.2) is 11.5 Å². The number of benzene rings is 1. The number of nitrogens with one attached hydrogen (secondary N) is 1. The van der Waals surface area contributed by atoms with Gasteiger partial charge in [-0.3, -0.25) is 4.79 Å². The molecule has 1 heterocycles. The molecule has 3 N–H and O–H groups in total. The zero-order valence-corrected chi connectivity index (χ0v) is 10.4. The van der Waals surface area contributed by atoms with Gasteiger partial charge in [-0.2, -0.15) is 0 Å². The Morgan fingerprint density at radius 2 is 2.22 bits per heavy atom. The Kier molecular flexibility index (Phi) is 4.04. The molecule has 0 unspecified atom stereocenters.